The number of nitrogens with one attached hydrogen (secondary N) is 2. The number of halogens is 1. The SMILES string of the molecule is COC(=O)NC(C(=O)N1[C@@H]2C[C@@H]2C[C@H]1C1=NC=C(c2ccc3c(c2)cc2n3C(c3ccc4c(c3)OCCC4)Oc3cc(C4=CN=C([C@@H]5CCCN5C(=O)[C@@H](NC(=O)OC)C(C)C)C4)cc(F)c3-2)C1)C1CCOC(C)(C)C1. The third kappa shape index (κ3) is 9.00. The Labute approximate surface area is 441 Å². The number of ether oxygens (including phenoxy) is 5. The van der Waals surface area contributed by atoms with Crippen molar-refractivity contribution >= 4 is 57.5 Å². The van der Waals surface area contributed by atoms with Crippen molar-refractivity contribution in [2.45, 2.75) is 134 Å². The Morgan fingerprint density at radius 1 is 0.816 bits per heavy atom. The van der Waals surface area contributed by atoms with Crippen molar-refractivity contribution in [3.05, 3.63) is 95.1 Å². The number of hydrogen-bond acceptors (Lipinski definition) is 11. The van der Waals surface area contributed by atoms with Crippen LogP contribution in [0.1, 0.15) is 114 Å². The number of fused-ring (bicyclic) bond motifs is 7. The molecule has 4 amide bonds. The second kappa shape index (κ2) is 19.5. The lowest BCUT2D eigenvalue weighted by atomic mass is 9.82. The number of rotatable bonds is 11. The van der Waals surface area contributed by atoms with E-state index in [1.165, 1.54) is 14.2 Å². The smallest absolute Gasteiger partial charge is 0.407 e. The standard InChI is InChI=1S/C59H66FN7O9/c1-31(2)52(63-57(70)72-5)54(68)65-16-7-10-45(65)42-22-40(30-61-42)36-20-41(60)51-48-25-37-19-33(13-14-44(37)67(48)56(76-50(51)27-36)34-12-11-32-9-8-17-74-49(32)26-34)39-21-43(62-29-39)47-24-38-23-46(38)66(47)55(69)53(64-58(71)73-6)35-15-18-75-59(3,4)28-35/h11-14,19-20,25-27,29-31,35,38,45-47,52-53,56H,7-10,15-18,21-24,28H2,1-6H3,(H,63,70)(H,64,71)/t35?,38-,45+,46-,47+,52+,53?,56?/m1/s1. The number of amides is 4. The number of aryl methyl sites for hydroxylation is 1. The van der Waals surface area contributed by atoms with Gasteiger partial charge >= 0.3 is 12.2 Å². The highest BCUT2D eigenvalue weighted by molar-refractivity contribution is 6.06. The molecular formula is C59H66FN7O9. The minimum atomic E-state index is -0.751. The number of benzene rings is 3. The molecule has 3 saturated heterocycles. The second-order valence-electron chi connectivity index (χ2n) is 22.8. The quantitative estimate of drug-likeness (QED) is 0.148. The van der Waals surface area contributed by atoms with Gasteiger partial charge in [-0.05, 0) is 147 Å². The number of piperidine rings is 1. The molecule has 0 spiro atoms. The van der Waals surface area contributed by atoms with Crippen LogP contribution >= 0.6 is 0 Å². The number of carbonyl (C=O) groups excluding carboxylic acids is 4. The van der Waals surface area contributed by atoms with E-state index >= 15 is 4.39 Å². The van der Waals surface area contributed by atoms with Crippen molar-refractivity contribution in [2.24, 2.45) is 27.7 Å². The van der Waals surface area contributed by atoms with Crippen LogP contribution in [0.3, 0.4) is 0 Å². The van der Waals surface area contributed by atoms with Crippen LogP contribution in [0.5, 0.6) is 11.5 Å². The van der Waals surface area contributed by atoms with Crippen molar-refractivity contribution in [2.75, 3.05) is 34.0 Å². The van der Waals surface area contributed by atoms with Gasteiger partial charge in [-0.2, -0.15) is 0 Å². The molecular weight excluding hydrogens is 970 g/mol. The highest BCUT2D eigenvalue weighted by atomic mass is 19.1. The summed E-state index contributed by atoms with van der Waals surface area (Å²) in [4.78, 5) is 67.2. The number of allylic oxidation sites excluding steroid dienone is 2. The van der Waals surface area contributed by atoms with Gasteiger partial charge in [0.25, 0.3) is 0 Å². The monoisotopic (exact) mass is 1040 g/mol. The molecule has 0 bridgehead atoms. The largest absolute Gasteiger partial charge is 0.493 e. The molecule has 8 heterocycles. The van der Waals surface area contributed by atoms with E-state index in [1.807, 2.05) is 55.8 Å². The van der Waals surface area contributed by atoms with Gasteiger partial charge in [0.1, 0.15) is 29.4 Å². The van der Waals surface area contributed by atoms with Crippen molar-refractivity contribution in [1.29, 1.82) is 0 Å². The number of nitrogens with zero attached hydrogens (tertiary/aromatic N) is 5. The summed E-state index contributed by atoms with van der Waals surface area (Å²) in [7, 11) is 2.60. The van der Waals surface area contributed by atoms with Crippen molar-refractivity contribution < 1.29 is 47.3 Å². The van der Waals surface area contributed by atoms with Crippen molar-refractivity contribution in [3.8, 4) is 22.8 Å². The van der Waals surface area contributed by atoms with Gasteiger partial charge in [-0.15, -0.1) is 0 Å². The lowest BCUT2D eigenvalue weighted by molar-refractivity contribution is -0.139. The summed E-state index contributed by atoms with van der Waals surface area (Å²) < 4.78 is 48.2. The van der Waals surface area contributed by atoms with Gasteiger partial charge in [0.2, 0.25) is 18.0 Å². The molecule has 0 radical (unpaired) electrons. The van der Waals surface area contributed by atoms with Crippen molar-refractivity contribution in [1.82, 2.24) is 25.0 Å². The summed E-state index contributed by atoms with van der Waals surface area (Å²) in [5, 5.41) is 6.55. The molecule has 76 heavy (non-hydrogen) atoms. The summed E-state index contributed by atoms with van der Waals surface area (Å²) >= 11 is 0. The Kier molecular flexibility index (Phi) is 12.8. The van der Waals surface area contributed by atoms with Gasteiger partial charge in [-0.3, -0.25) is 19.6 Å². The first-order valence-electron chi connectivity index (χ1n) is 27.1. The molecule has 16 nitrogen and oxygen atoms in total. The van der Waals surface area contributed by atoms with Crippen LogP contribution in [0.4, 0.5) is 14.0 Å². The fourth-order valence-corrected chi connectivity index (χ4v) is 13.2. The van der Waals surface area contributed by atoms with Crippen LogP contribution in [0.2, 0.25) is 0 Å². The number of methoxy groups -OCH3 is 2. The van der Waals surface area contributed by atoms with Gasteiger partial charge in [0, 0.05) is 66.8 Å². The molecule has 8 atom stereocenters. The van der Waals surface area contributed by atoms with Crippen LogP contribution in [-0.4, -0.2) is 120 Å². The highest BCUT2D eigenvalue weighted by Gasteiger charge is 2.57. The maximum absolute atomic E-state index is 17.2. The van der Waals surface area contributed by atoms with Gasteiger partial charge in [-0.25, -0.2) is 14.0 Å². The zero-order chi connectivity index (χ0) is 52.7. The Morgan fingerprint density at radius 2 is 1.58 bits per heavy atom. The molecule has 4 aromatic rings. The zero-order valence-electron chi connectivity index (χ0n) is 44.0. The first kappa shape index (κ1) is 49.8. The molecule has 8 aliphatic rings. The van der Waals surface area contributed by atoms with Crippen LogP contribution in [0.25, 0.3) is 33.3 Å². The Balaban J connectivity index is 0.819. The summed E-state index contributed by atoms with van der Waals surface area (Å²) in [6.45, 7) is 9.51. The topological polar surface area (TPSA) is 175 Å². The van der Waals surface area contributed by atoms with E-state index in [0.29, 0.717) is 73.9 Å². The van der Waals surface area contributed by atoms with Gasteiger partial charge in [-0.1, -0.05) is 32.0 Å². The third-order valence-electron chi connectivity index (χ3n) is 17.1. The Hall–Kier alpha value is -7.01. The molecule has 3 unspecified atom stereocenters. The lowest BCUT2D eigenvalue weighted by Gasteiger charge is -2.40. The molecule has 1 aromatic heterocycles. The summed E-state index contributed by atoms with van der Waals surface area (Å²) in [6, 6.07) is 16.2. The second-order valence-corrected chi connectivity index (χ2v) is 22.8. The predicted molar refractivity (Wildman–Crippen MR) is 285 cm³/mol. The van der Waals surface area contributed by atoms with Crippen LogP contribution in [0.15, 0.2) is 77.0 Å². The molecule has 7 aliphatic heterocycles. The first-order chi connectivity index (χ1) is 36.7. The molecule has 4 fully saturated rings. The third-order valence-corrected chi connectivity index (χ3v) is 17.1. The molecule has 398 valence electrons. The molecule has 17 heteroatoms. The molecule has 12 rings (SSSR count). The van der Waals surface area contributed by atoms with Gasteiger partial charge < -0.3 is 48.7 Å². The summed E-state index contributed by atoms with van der Waals surface area (Å²) in [6.07, 6.45) is 9.20. The number of aliphatic imine (C=N–C) groups is 2. The van der Waals surface area contributed by atoms with E-state index in [2.05, 4.69) is 51.6 Å². The van der Waals surface area contributed by atoms with E-state index < -0.39 is 41.9 Å². The van der Waals surface area contributed by atoms with Crippen LogP contribution in [0, 0.1) is 23.6 Å². The predicted octanol–water partition coefficient (Wildman–Crippen LogP) is 9.37. The van der Waals surface area contributed by atoms with E-state index in [9.17, 15) is 19.2 Å². The van der Waals surface area contributed by atoms with E-state index in [1.54, 1.807) is 12.3 Å². The number of likely N-dealkylation sites (tertiary alicyclic amines) is 2. The van der Waals surface area contributed by atoms with Crippen LogP contribution < -0.4 is 20.1 Å². The fraction of sp³-hybridized carbons (Fsp3) is 0.492. The van der Waals surface area contributed by atoms with Crippen molar-refractivity contribution in [3.63, 3.8) is 0 Å². The summed E-state index contributed by atoms with van der Waals surface area (Å²) in [5.74, 6) is 0.665. The average molecular weight is 1040 g/mol. The first-order valence-corrected chi connectivity index (χ1v) is 27.1. The fourth-order valence-electron chi connectivity index (χ4n) is 13.2. The molecule has 3 aromatic carbocycles. The van der Waals surface area contributed by atoms with Gasteiger partial charge in [0.15, 0.2) is 0 Å². The normalized spacial score (nSPS) is 25.6. The Bertz CT molecular complexity index is 3190. The molecule has 2 N–H and O–H groups in total. The zero-order valence-corrected chi connectivity index (χ0v) is 44.0. The maximum atomic E-state index is 17.2. The number of alkyl carbamates (subject to hydrolysis) is 2. The minimum Gasteiger partial charge on any atom is -0.493 e. The average Bonchev–Trinajstić information content (AvgIpc) is 4.12. The van der Waals surface area contributed by atoms with Crippen LogP contribution in [-0.2, 0) is 30.2 Å². The minimum absolute atomic E-state index is 0.0867. The maximum Gasteiger partial charge on any atom is 0.407 e. The Morgan fingerprint density at radius 3 is 2.34 bits per heavy atom. The number of carbonyl (C=O) groups is 4. The molecule has 1 saturated carbocycles. The van der Waals surface area contributed by atoms with E-state index in [4.69, 9.17) is 33.7 Å². The van der Waals surface area contributed by atoms with E-state index in [-0.39, 0.29) is 41.8 Å². The van der Waals surface area contributed by atoms with E-state index in [0.717, 1.165) is 94.4 Å². The molecule has 1 aliphatic carbocycles. The number of aromatic nitrogens is 1. The van der Waals surface area contributed by atoms with Gasteiger partial charge in [0.05, 0.1) is 55.3 Å². The number of hydrogen-bond donors (Lipinski definition) is 2. The summed E-state index contributed by atoms with van der Waals surface area (Å²) in [5.41, 5.74) is 8.71. The highest BCUT2D eigenvalue weighted by Crippen LogP contribution is 2.51. The lowest BCUT2D eigenvalue weighted by Crippen LogP contribution is -2.57.